The highest BCUT2D eigenvalue weighted by Crippen LogP contribution is 2.19. The monoisotopic (exact) mass is 253 g/mol. The molecule has 0 saturated carbocycles. The Morgan fingerprint density at radius 3 is 2.50 bits per heavy atom. The Kier molecular flexibility index (Phi) is 5.01. The Bertz CT molecular complexity index is 266. The SMILES string of the molecule is CN(C)CC1CCN(C(=O)[C@@H]2CCCCN2)CC1. The normalized spacial score (nSPS) is 26.6. The molecule has 0 radical (unpaired) electrons. The van der Waals surface area contributed by atoms with Crippen LogP contribution in [0.4, 0.5) is 0 Å². The van der Waals surface area contributed by atoms with E-state index >= 15 is 0 Å². The van der Waals surface area contributed by atoms with Gasteiger partial charge in [0.2, 0.25) is 5.91 Å². The lowest BCUT2D eigenvalue weighted by atomic mass is 9.95. The predicted octanol–water partition coefficient (Wildman–Crippen LogP) is 0.929. The molecule has 0 spiro atoms. The fourth-order valence-corrected chi connectivity index (χ4v) is 3.14. The van der Waals surface area contributed by atoms with Crippen LogP contribution in [0.2, 0.25) is 0 Å². The lowest BCUT2D eigenvalue weighted by Gasteiger charge is -2.36. The van der Waals surface area contributed by atoms with E-state index in [0.29, 0.717) is 5.91 Å². The van der Waals surface area contributed by atoms with Crippen molar-refractivity contribution in [3.8, 4) is 0 Å². The van der Waals surface area contributed by atoms with Gasteiger partial charge in [0.1, 0.15) is 0 Å². The minimum atomic E-state index is 0.101. The maximum absolute atomic E-state index is 12.3. The van der Waals surface area contributed by atoms with Gasteiger partial charge in [-0.2, -0.15) is 0 Å². The van der Waals surface area contributed by atoms with Gasteiger partial charge in [-0.3, -0.25) is 4.79 Å². The van der Waals surface area contributed by atoms with Crippen molar-refractivity contribution >= 4 is 5.91 Å². The van der Waals surface area contributed by atoms with E-state index in [1.165, 1.54) is 12.8 Å². The Labute approximate surface area is 111 Å². The molecule has 1 atom stereocenters. The number of amides is 1. The summed E-state index contributed by atoms with van der Waals surface area (Å²) in [7, 11) is 4.26. The zero-order valence-electron chi connectivity index (χ0n) is 11.8. The van der Waals surface area contributed by atoms with E-state index in [9.17, 15) is 4.79 Å². The van der Waals surface area contributed by atoms with Crippen molar-refractivity contribution in [1.82, 2.24) is 15.1 Å². The molecule has 0 aromatic heterocycles. The molecule has 0 bridgehead atoms. The number of piperidine rings is 2. The number of hydrogen-bond acceptors (Lipinski definition) is 3. The van der Waals surface area contributed by atoms with E-state index in [-0.39, 0.29) is 6.04 Å². The second kappa shape index (κ2) is 6.53. The molecule has 1 N–H and O–H groups in total. The van der Waals surface area contributed by atoms with Crippen molar-refractivity contribution in [1.29, 1.82) is 0 Å². The number of carbonyl (C=O) groups excluding carboxylic acids is 1. The molecular formula is C14H27N3O. The van der Waals surface area contributed by atoms with Crippen LogP contribution in [-0.2, 0) is 4.79 Å². The number of nitrogens with one attached hydrogen (secondary N) is 1. The zero-order chi connectivity index (χ0) is 13.0. The van der Waals surface area contributed by atoms with Crippen LogP contribution in [0.15, 0.2) is 0 Å². The Morgan fingerprint density at radius 1 is 1.22 bits per heavy atom. The van der Waals surface area contributed by atoms with Gasteiger partial charge in [0.25, 0.3) is 0 Å². The van der Waals surface area contributed by atoms with Crippen LogP contribution in [0.3, 0.4) is 0 Å². The molecule has 2 aliphatic rings. The first-order chi connectivity index (χ1) is 8.66. The van der Waals surface area contributed by atoms with E-state index in [2.05, 4.69) is 29.2 Å². The Morgan fingerprint density at radius 2 is 1.94 bits per heavy atom. The van der Waals surface area contributed by atoms with E-state index < -0.39 is 0 Å². The third kappa shape index (κ3) is 3.69. The zero-order valence-corrected chi connectivity index (χ0v) is 11.8. The fourth-order valence-electron chi connectivity index (χ4n) is 3.14. The van der Waals surface area contributed by atoms with Gasteiger partial charge in [-0.25, -0.2) is 0 Å². The van der Waals surface area contributed by atoms with Gasteiger partial charge >= 0.3 is 0 Å². The van der Waals surface area contributed by atoms with Gasteiger partial charge in [0, 0.05) is 19.6 Å². The highest BCUT2D eigenvalue weighted by molar-refractivity contribution is 5.82. The second-order valence-corrected chi connectivity index (χ2v) is 6.03. The van der Waals surface area contributed by atoms with Gasteiger partial charge in [-0.05, 0) is 52.2 Å². The third-order valence-corrected chi connectivity index (χ3v) is 4.16. The van der Waals surface area contributed by atoms with Gasteiger partial charge < -0.3 is 15.1 Å². The average molecular weight is 253 g/mol. The van der Waals surface area contributed by atoms with Crippen molar-refractivity contribution in [2.75, 3.05) is 40.3 Å². The standard InChI is InChI=1S/C14H27N3O/c1-16(2)11-12-6-9-17(10-7-12)14(18)13-5-3-4-8-15-13/h12-13,15H,3-11H2,1-2H3/t13-/m0/s1. The molecule has 4 nitrogen and oxygen atoms in total. The molecule has 2 aliphatic heterocycles. The van der Waals surface area contributed by atoms with Gasteiger partial charge in [-0.15, -0.1) is 0 Å². The lowest BCUT2D eigenvalue weighted by Crippen LogP contribution is -2.51. The number of carbonyl (C=O) groups is 1. The first-order valence-electron chi connectivity index (χ1n) is 7.33. The van der Waals surface area contributed by atoms with Crippen molar-refractivity contribution in [3.63, 3.8) is 0 Å². The van der Waals surface area contributed by atoms with Crippen LogP contribution in [0.1, 0.15) is 32.1 Å². The second-order valence-electron chi connectivity index (χ2n) is 6.03. The smallest absolute Gasteiger partial charge is 0.239 e. The van der Waals surface area contributed by atoms with E-state index in [1.54, 1.807) is 0 Å². The van der Waals surface area contributed by atoms with E-state index in [0.717, 1.165) is 51.4 Å². The highest BCUT2D eigenvalue weighted by Gasteiger charge is 2.28. The minimum Gasteiger partial charge on any atom is -0.341 e. The first kappa shape index (κ1) is 13.8. The third-order valence-electron chi connectivity index (χ3n) is 4.16. The van der Waals surface area contributed by atoms with E-state index in [1.807, 2.05) is 0 Å². The summed E-state index contributed by atoms with van der Waals surface area (Å²) in [5.41, 5.74) is 0. The summed E-state index contributed by atoms with van der Waals surface area (Å²) < 4.78 is 0. The van der Waals surface area contributed by atoms with Crippen molar-refractivity contribution in [2.45, 2.75) is 38.1 Å². The molecule has 0 aromatic rings. The number of hydrogen-bond donors (Lipinski definition) is 1. The summed E-state index contributed by atoms with van der Waals surface area (Å²) >= 11 is 0. The molecule has 104 valence electrons. The summed E-state index contributed by atoms with van der Waals surface area (Å²) in [4.78, 5) is 16.7. The van der Waals surface area contributed by atoms with Crippen LogP contribution < -0.4 is 5.32 Å². The molecule has 0 aliphatic carbocycles. The van der Waals surface area contributed by atoms with Gasteiger partial charge in [0.15, 0.2) is 0 Å². The van der Waals surface area contributed by atoms with Crippen LogP contribution in [0.5, 0.6) is 0 Å². The molecular weight excluding hydrogens is 226 g/mol. The Balaban J connectivity index is 1.76. The maximum atomic E-state index is 12.3. The summed E-state index contributed by atoms with van der Waals surface area (Å²) in [6, 6.07) is 0.101. The highest BCUT2D eigenvalue weighted by atomic mass is 16.2. The first-order valence-corrected chi connectivity index (χ1v) is 7.33. The number of likely N-dealkylation sites (tertiary alicyclic amines) is 1. The molecule has 1 amide bonds. The summed E-state index contributed by atoms with van der Waals surface area (Å²) in [5.74, 6) is 1.11. The maximum Gasteiger partial charge on any atom is 0.239 e. The van der Waals surface area contributed by atoms with Crippen LogP contribution in [-0.4, -0.2) is 62.0 Å². The Hall–Kier alpha value is -0.610. The van der Waals surface area contributed by atoms with Gasteiger partial charge in [-0.1, -0.05) is 6.42 Å². The average Bonchev–Trinajstić information content (AvgIpc) is 2.39. The molecule has 0 unspecified atom stereocenters. The number of rotatable bonds is 3. The quantitative estimate of drug-likeness (QED) is 0.813. The molecule has 0 aromatic carbocycles. The molecule has 2 rings (SSSR count). The predicted molar refractivity (Wildman–Crippen MR) is 73.5 cm³/mol. The van der Waals surface area contributed by atoms with Crippen LogP contribution in [0, 0.1) is 5.92 Å². The molecule has 18 heavy (non-hydrogen) atoms. The minimum absolute atomic E-state index is 0.101. The van der Waals surface area contributed by atoms with Gasteiger partial charge in [0.05, 0.1) is 6.04 Å². The van der Waals surface area contributed by atoms with E-state index in [4.69, 9.17) is 0 Å². The van der Waals surface area contributed by atoms with Crippen molar-refractivity contribution < 1.29 is 4.79 Å². The van der Waals surface area contributed by atoms with Crippen molar-refractivity contribution in [2.24, 2.45) is 5.92 Å². The van der Waals surface area contributed by atoms with Crippen molar-refractivity contribution in [3.05, 3.63) is 0 Å². The fraction of sp³-hybridized carbons (Fsp3) is 0.929. The number of nitrogens with zero attached hydrogens (tertiary/aromatic N) is 2. The molecule has 2 saturated heterocycles. The van der Waals surface area contributed by atoms with Crippen LogP contribution in [0.25, 0.3) is 0 Å². The molecule has 2 heterocycles. The molecule has 4 heteroatoms. The summed E-state index contributed by atoms with van der Waals surface area (Å²) in [6.07, 6.45) is 5.76. The topological polar surface area (TPSA) is 35.6 Å². The van der Waals surface area contributed by atoms with Crippen LogP contribution >= 0.6 is 0 Å². The lowest BCUT2D eigenvalue weighted by molar-refractivity contribution is -0.135. The summed E-state index contributed by atoms with van der Waals surface area (Å²) in [6.45, 7) is 4.07. The molecule has 2 fully saturated rings. The largest absolute Gasteiger partial charge is 0.341 e. The summed E-state index contributed by atoms with van der Waals surface area (Å²) in [5, 5.41) is 3.36.